The molecular weight excluding hydrogens is 212 g/mol. The average Bonchev–Trinajstić information content (AvgIpc) is 2.39. The lowest BCUT2D eigenvalue weighted by Gasteiger charge is -2.06. The van der Waals surface area contributed by atoms with Gasteiger partial charge in [0.05, 0.1) is 0 Å². The van der Waals surface area contributed by atoms with Gasteiger partial charge in [-0.2, -0.15) is 0 Å². The van der Waals surface area contributed by atoms with Crippen molar-refractivity contribution in [2.24, 2.45) is 0 Å². The van der Waals surface area contributed by atoms with Crippen LogP contribution >= 0.6 is 0 Å². The van der Waals surface area contributed by atoms with Gasteiger partial charge in [0.25, 0.3) is 0 Å². The fourth-order valence-electron chi connectivity index (χ4n) is 1.33. The largest absolute Gasteiger partial charge is 0.490 e. The van der Waals surface area contributed by atoms with E-state index in [4.69, 9.17) is 9.47 Å². The second-order valence-electron chi connectivity index (χ2n) is 3.40. The molecule has 0 aliphatic carbocycles. The minimum Gasteiger partial charge on any atom is -0.490 e. The van der Waals surface area contributed by atoms with Crippen LogP contribution in [0.3, 0.4) is 0 Å². The molecule has 0 aliphatic heterocycles. The first-order chi connectivity index (χ1) is 8.38. The maximum atomic E-state index is 5.61. The molecule has 2 nitrogen and oxygen atoms in total. The molecule has 2 rings (SSSR count). The van der Waals surface area contributed by atoms with Crippen LogP contribution < -0.4 is 9.47 Å². The lowest BCUT2D eigenvalue weighted by Crippen LogP contribution is -1.92. The Morgan fingerprint density at radius 1 is 1.06 bits per heavy atom. The van der Waals surface area contributed by atoms with Crippen molar-refractivity contribution in [3.8, 4) is 17.2 Å². The van der Waals surface area contributed by atoms with E-state index in [2.05, 4.69) is 12.6 Å². The van der Waals surface area contributed by atoms with Crippen molar-refractivity contribution in [2.75, 3.05) is 6.61 Å². The third kappa shape index (κ3) is 3.38. The Morgan fingerprint density at radius 2 is 1.82 bits per heavy atom. The standard InChI is InChI=1S/C15H13O2/c1-2-12-16-13-8-10-15(11-9-13)17-14-6-4-3-5-7-14/h2-6,8-11H,1,12H2. The summed E-state index contributed by atoms with van der Waals surface area (Å²) in [5, 5.41) is 0. The highest BCUT2D eigenvalue weighted by Crippen LogP contribution is 2.23. The summed E-state index contributed by atoms with van der Waals surface area (Å²) in [6.45, 7) is 4.10. The van der Waals surface area contributed by atoms with Crippen LogP contribution in [0.1, 0.15) is 0 Å². The second kappa shape index (κ2) is 5.75. The van der Waals surface area contributed by atoms with Gasteiger partial charge in [-0.25, -0.2) is 0 Å². The third-order valence-corrected chi connectivity index (χ3v) is 2.10. The molecule has 2 aromatic carbocycles. The second-order valence-corrected chi connectivity index (χ2v) is 3.40. The molecule has 0 atom stereocenters. The fourth-order valence-corrected chi connectivity index (χ4v) is 1.33. The minimum absolute atomic E-state index is 0.507. The molecule has 2 aromatic rings. The Kier molecular flexibility index (Phi) is 3.81. The van der Waals surface area contributed by atoms with Gasteiger partial charge in [0.15, 0.2) is 0 Å². The van der Waals surface area contributed by atoms with Gasteiger partial charge >= 0.3 is 0 Å². The van der Waals surface area contributed by atoms with Crippen LogP contribution in [0.25, 0.3) is 0 Å². The quantitative estimate of drug-likeness (QED) is 0.720. The molecule has 0 saturated carbocycles. The van der Waals surface area contributed by atoms with E-state index in [9.17, 15) is 0 Å². The topological polar surface area (TPSA) is 18.5 Å². The fraction of sp³-hybridized carbons (Fsp3) is 0.0667. The zero-order valence-electron chi connectivity index (χ0n) is 9.43. The van der Waals surface area contributed by atoms with E-state index in [1.807, 2.05) is 48.5 Å². The van der Waals surface area contributed by atoms with E-state index in [1.54, 1.807) is 6.08 Å². The van der Waals surface area contributed by atoms with Gasteiger partial charge in [0, 0.05) is 6.07 Å². The van der Waals surface area contributed by atoms with Crippen molar-refractivity contribution in [3.05, 3.63) is 67.3 Å². The van der Waals surface area contributed by atoms with E-state index in [1.165, 1.54) is 0 Å². The van der Waals surface area contributed by atoms with Gasteiger partial charge in [0.1, 0.15) is 23.9 Å². The van der Waals surface area contributed by atoms with Crippen LogP contribution in [0, 0.1) is 6.07 Å². The molecule has 0 bridgehead atoms. The predicted molar refractivity (Wildman–Crippen MR) is 67.5 cm³/mol. The van der Waals surface area contributed by atoms with Gasteiger partial charge < -0.3 is 9.47 Å². The normalized spacial score (nSPS) is 9.65. The van der Waals surface area contributed by atoms with Crippen molar-refractivity contribution in [1.29, 1.82) is 0 Å². The molecule has 1 radical (unpaired) electrons. The SMILES string of the molecule is C=CCOc1ccc(Oc2[c]cccc2)cc1. The summed E-state index contributed by atoms with van der Waals surface area (Å²) >= 11 is 0. The lowest BCUT2D eigenvalue weighted by atomic mass is 10.3. The number of hydrogen-bond donors (Lipinski definition) is 0. The van der Waals surface area contributed by atoms with Crippen molar-refractivity contribution in [3.63, 3.8) is 0 Å². The molecule has 0 aromatic heterocycles. The highest BCUT2D eigenvalue weighted by atomic mass is 16.5. The Balaban J connectivity index is 2.01. The van der Waals surface area contributed by atoms with Gasteiger partial charge in [0.2, 0.25) is 0 Å². The Morgan fingerprint density at radius 3 is 2.47 bits per heavy atom. The Bertz CT molecular complexity index is 460. The molecule has 2 heteroatoms. The molecule has 0 spiro atoms. The maximum absolute atomic E-state index is 5.61. The lowest BCUT2D eigenvalue weighted by molar-refractivity contribution is 0.362. The summed E-state index contributed by atoms with van der Waals surface area (Å²) in [4.78, 5) is 0. The van der Waals surface area contributed by atoms with Gasteiger partial charge in [-0.05, 0) is 30.3 Å². The molecule has 0 saturated heterocycles. The molecule has 17 heavy (non-hydrogen) atoms. The first-order valence-corrected chi connectivity index (χ1v) is 5.37. The van der Waals surface area contributed by atoms with Crippen LogP contribution in [0.15, 0.2) is 61.2 Å². The molecular formula is C15H13O2. The van der Waals surface area contributed by atoms with Crippen LogP contribution in [-0.4, -0.2) is 6.61 Å². The van der Waals surface area contributed by atoms with E-state index in [0.29, 0.717) is 12.4 Å². The van der Waals surface area contributed by atoms with Gasteiger partial charge in [-0.3, -0.25) is 0 Å². The predicted octanol–water partition coefficient (Wildman–Crippen LogP) is 3.84. The number of benzene rings is 2. The molecule has 85 valence electrons. The summed E-state index contributed by atoms with van der Waals surface area (Å²) in [6.07, 6.45) is 1.71. The van der Waals surface area contributed by atoms with Crippen molar-refractivity contribution in [1.82, 2.24) is 0 Å². The van der Waals surface area contributed by atoms with E-state index in [0.717, 1.165) is 11.5 Å². The van der Waals surface area contributed by atoms with Gasteiger partial charge in [-0.1, -0.05) is 30.9 Å². The highest BCUT2D eigenvalue weighted by molar-refractivity contribution is 5.34. The van der Waals surface area contributed by atoms with Gasteiger partial charge in [-0.15, -0.1) is 0 Å². The Labute approximate surface area is 101 Å². The van der Waals surface area contributed by atoms with E-state index >= 15 is 0 Å². The zero-order chi connectivity index (χ0) is 11.9. The van der Waals surface area contributed by atoms with E-state index in [-0.39, 0.29) is 0 Å². The molecule has 0 unspecified atom stereocenters. The number of rotatable bonds is 5. The van der Waals surface area contributed by atoms with Crippen LogP contribution in [0.5, 0.6) is 17.2 Å². The maximum Gasteiger partial charge on any atom is 0.135 e. The minimum atomic E-state index is 0.507. The van der Waals surface area contributed by atoms with E-state index < -0.39 is 0 Å². The van der Waals surface area contributed by atoms with Crippen molar-refractivity contribution < 1.29 is 9.47 Å². The molecule has 0 amide bonds. The monoisotopic (exact) mass is 225 g/mol. The number of para-hydroxylation sites is 1. The average molecular weight is 225 g/mol. The summed E-state index contributed by atoms with van der Waals surface area (Å²) in [5.74, 6) is 2.26. The molecule has 0 fully saturated rings. The van der Waals surface area contributed by atoms with Crippen LogP contribution in [0.2, 0.25) is 0 Å². The third-order valence-electron chi connectivity index (χ3n) is 2.10. The number of hydrogen-bond acceptors (Lipinski definition) is 2. The summed E-state index contributed by atoms with van der Waals surface area (Å²) in [7, 11) is 0. The zero-order valence-corrected chi connectivity index (χ0v) is 9.43. The summed E-state index contributed by atoms with van der Waals surface area (Å²) in [6, 6.07) is 17.9. The first-order valence-electron chi connectivity index (χ1n) is 5.37. The molecule has 0 N–H and O–H groups in total. The van der Waals surface area contributed by atoms with Crippen molar-refractivity contribution in [2.45, 2.75) is 0 Å². The number of ether oxygens (including phenoxy) is 2. The van der Waals surface area contributed by atoms with Crippen LogP contribution in [0.4, 0.5) is 0 Å². The van der Waals surface area contributed by atoms with Crippen LogP contribution in [-0.2, 0) is 0 Å². The smallest absolute Gasteiger partial charge is 0.135 e. The molecule has 0 heterocycles. The Hall–Kier alpha value is -2.22. The highest BCUT2D eigenvalue weighted by Gasteiger charge is 1.97. The summed E-state index contributed by atoms with van der Waals surface area (Å²) in [5.41, 5.74) is 0. The summed E-state index contributed by atoms with van der Waals surface area (Å²) < 4.78 is 11.0. The van der Waals surface area contributed by atoms with Crippen molar-refractivity contribution >= 4 is 0 Å². The first kappa shape index (κ1) is 11.3. The molecule has 0 aliphatic rings.